The lowest BCUT2D eigenvalue weighted by Gasteiger charge is -2.29. The van der Waals surface area contributed by atoms with Crippen LogP contribution in [-0.4, -0.2) is 35.1 Å². The summed E-state index contributed by atoms with van der Waals surface area (Å²) >= 11 is 11.3. The zero-order valence-electron chi connectivity index (χ0n) is 16.7. The molecule has 0 fully saturated rings. The number of carbonyl (C=O) groups excluding carboxylic acids is 2. The monoisotopic (exact) mass is 496 g/mol. The van der Waals surface area contributed by atoms with Gasteiger partial charge in [-0.1, -0.05) is 64.8 Å². The fraction of sp³-hybridized carbons (Fsp3) is 0.364. The fourth-order valence-corrected chi connectivity index (χ4v) is 4.04. The van der Waals surface area contributed by atoms with Gasteiger partial charge in [-0.3, -0.25) is 9.59 Å². The molecule has 7 heteroatoms. The van der Waals surface area contributed by atoms with E-state index in [2.05, 4.69) is 21.2 Å². The van der Waals surface area contributed by atoms with Gasteiger partial charge in [0.15, 0.2) is 0 Å². The molecule has 1 N–H and O–H groups in total. The number of nitrogens with one attached hydrogen (secondary N) is 1. The SMILES string of the molecule is CCCNC(=O)[C@H](C)N(Cc1ccccc1Cl)C(=O)CSCc1ccc(Br)cc1. The molecule has 4 nitrogen and oxygen atoms in total. The van der Waals surface area contributed by atoms with Crippen molar-refractivity contribution in [2.45, 2.75) is 38.6 Å². The summed E-state index contributed by atoms with van der Waals surface area (Å²) < 4.78 is 1.03. The van der Waals surface area contributed by atoms with E-state index in [-0.39, 0.29) is 11.8 Å². The Morgan fingerprint density at radius 1 is 1.17 bits per heavy atom. The fourth-order valence-electron chi connectivity index (χ4n) is 2.71. The average molecular weight is 498 g/mol. The van der Waals surface area contributed by atoms with Crippen molar-refractivity contribution < 1.29 is 9.59 Å². The van der Waals surface area contributed by atoms with Gasteiger partial charge in [0, 0.05) is 28.3 Å². The van der Waals surface area contributed by atoms with Crippen LogP contribution < -0.4 is 5.32 Å². The van der Waals surface area contributed by atoms with Crippen LogP contribution in [0.15, 0.2) is 53.0 Å². The van der Waals surface area contributed by atoms with Crippen LogP contribution in [0.1, 0.15) is 31.4 Å². The highest BCUT2D eigenvalue weighted by molar-refractivity contribution is 9.10. The highest BCUT2D eigenvalue weighted by Gasteiger charge is 2.26. The van der Waals surface area contributed by atoms with Gasteiger partial charge in [0.05, 0.1) is 5.75 Å². The summed E-state index contributed by atoms with van der Waals surface area (Å²) in [6, 6.07) is 14.9. The minimum atomic E-state index is -0.571. The second kappa shape index (κ2) is 12.3. The third kappa shape index (κ3) is 7.68. The standard InChI is InChI=1S/C22H26BrClN2O2S/c1-3-12-25-22(28)16(2)26(13-18-6-4-5-7-20(18)24)21(27)15-29-14-17-8-10-19(23)11-9-17/h4-11,16H,3,12-15H2,1-2H3,(H,25,28)/t16-/m0/s1. The lowest BCUT2D eigenvalue weighted by atomic mass is 10.1. The Morgan fingerprint density at radius 2 is 1.86 bits per heavy atom. The summed E-state index contributed by atoms with van der Waals surface area (Å²) in [6.07, 6.45) is 0.847. The predicted molar refractivity (Wildman–Crippen MR) is 125 cm³/mol. The van der Waals surface area contributed by atoms with E-state index in [1.54, 1.807) is 17.9 Å². The molecule has 0 radical (unpaired) electrons. The zero-order valence-corrected chi connectivity index (χ0v) is 19.8. The Morgan fingerprint density at radius 3 is 2.52 bits per heavy atom. The molecule has 0 saturated carbocycles. The van der Waals surface area contributed by atoms with E-state index in [4.69, 9.17) is 11.6 Å². The average Bonchev–Trinajstić information content (AvgIpc) is 2.72. The Bertz CT molecular complexity index is 817. The number of halogens is 2. The second-order valence-corrected chi connectivity index (χ2v) is 9.01. The molecule has 2 aromatic rings. The zero-order chi connectivity index (χ0) is 21.2. The summed E-state index contributed by atoms with van der Waals surface area (Å²) in [7, 11) is 0. The highest BCUT2D eigenvalue weighted by atomic mass is 79.9. The van der Waals surface area contributed by atoms with Crippen LogP contribution in [-0.2, 0) is 21.9 Å². The number of hydrogen-bond donors (Lipinski definition) is 1. The first-order valence-electron chi connectivity index (χ1n) is 9.55. The van der Waals surface area contributed by atoms with E-state index in [1.807, 2.05) is 49.4 Å². The molecule has 0 aliphatic heterocycles. The van der Waals surface area contributed by atoms with Crippen molar-refractivity contribution in [1.29, 1.82) is 0 Å². The minimum absolute atomic E-state index is 0.0776. The van der Waals surface area contributed by atoms with Crippen molar-refractivity contribution >= 4 is 51.1 Å². The minimum Gasteiger partial charge on any atom is -0.354 e. The van der Waals surface area contributed by atoms with E-state index in [1.165, 1.54) is 11.8 Å². The summed E-state index contributed by atoms with van der Waals surface area (Å²) in [5, 5.41) is 3.47. The number of thioether (sulfide) groups is 1. The van der Waals surface area contributed by atoms with Gasteiger partial charge in [0.2, 0.25) is 11.8 Å². The molecule has 0 aliphatic carbocycles. The number of amides is 2. The van der Waals surface area contributed by atoms with Crippen molar-refractivity contribution in [2.75, 3.05) is 12.3 Å². The summed E-state index contributed by atoms with van der Waals surface area (Å²) in [6.45, 7) is 4.66. The van der Waals surface area contributed by atoms with Gasteiger partial charge < -0.3 is 10.2 Å². The molecule has 1 atom stereocenters. The lowest BCUT2D eigenvalue weighted by molar-refractivity contribution is -0.138. The number of nitrogens with zero attached hydrogens (tertiary/aromatic N) is 1. The highest BCUT2D eigenvalue weighted by Crippen LogP contribution is 2.21. The first-order valence-corrected chi connectivity index (χ1v) is 11.9. The molecule has 0 heterocycles. The first-order chi connectivity index (χ1) is 13.9. The maximum atomic E-state index is 13.0. The van der Waals surface area contributed by atoms with Crippen LogP contribution in [0, 0.1) is 0 Å². The molecule has 0 bridgehead atoms. The maximum Gasteiger partial charge on any atom is 0.242 e. The van der Waals surface area contributed by atoms with Crippen molar-refractivity contribution in [3.63, 3.8) is 0 Å². The summed E-state index contributed by atoms with van der Waals surface area (Å²) in [5.41, 5.74) is 1.98. The Kier molecular flexibility index (Phi) is 10.0. The maximum absolute atomic E-state index is 13.0. The number of rotatable bonds is 10. The van der Waals surface area contributed by atoms with E-state index >= 15 is 0 Å². The Labute approximate surface area is 190 Å². The molecule has 2 rings (SSSR count). The van der Waals surface area contributed by atoms with Gasteiger partial charge in [0.25, 0.3) is 0 Å². The molecule has 29 heavy (non-hydrogen) atoms. The smallest absolute Gasteiger partial charge is 0.242 e. The largest absolute Gasteiger partial charge is 0.354 e. The third-order valence-electron chi connectivity index (χ3n) is 4.42. The summed E-state index contributed by atoms with van der Waals surface area (Å²) in [5.74, 6) is 0.803. The van der Waals surface area contributed by atoms with Crippen molar-refractivity contribution in [3.05, 3.63) is 69.2 Å². The second-order valence-electron chi connectivity index (χ2n) is 6.70. The molecule has 0 aromatic heterocycles. The van der Waals surface area contributed by atoms with Gasteiger partial charge in [-0.2, -0.15) is 0 Å². The topological polar surface area (TPSA) is 49.4 Å². The molecular weight excluding hydrogens is 472 g/mol. The van der Waals surface area contributed by atoms with Crippen LogP contribution >= 0.6 is 39.3 Å². The molecule has 156 valence electrons. The quantitative estimate of drug-likeness (QED) is 0.486. The number of hydrogen-bond acceptors (Lipinski definition) is 3. The summed E-state index contributed by atoms with van der Waals surface area (Å²) in [4.78, 5) is 27.1. The van der Waals surface area contributed by atoms with Crippen LogP contribution in [0.2, 0.25) is 5.02 Å². The van der Waals surface area contributed by atoms with E-state index < -0.39 is 6.04 Å². The Hall–Kier alpha value is -1.50. The van der Waals surface area contributed by atoms with Gasteiger partial charge in [0.1, 0.15) is 6.04 Å². The van der Waals surface area contributed by atoms with Gasteiger partial charge in [-0.05, 0) is 42.7 Å². The molecule has 0 saturated heterocycles. The van der Waals surface area contributed by atoms with Crippen molar-refractivity contribution in [2.24, 2.45) is 0 Å². The van der Waals surface area contributed by atoms with Gasteiger partial charge in [-0.15, -0.1) is 11.8 Å². The van der Waals surface area contributed by atoms with E-state index in [9.17, 15) is 9.59 Å². The Balaban J connectivity index is 2.05. The van der Waals surface area contributed by atoms with Crippen molar-refractivity contribution in [3.8, 4) is 0 Å². The molecule has 0 unspecified atom stereocenters. The predicted octanol–water partition coefficient (Wildman–Crippen LogP) is 5.28. The molecular formula is C22H26BrClN2O2S. The van der Waals surface area contributed by atoms with Gasteiger partial charge >= 0.3 is 0 Å². The van der Waals surface area contributed by atoms with Gasteiger partial charge in [-0.25, -0.2) is 0 Å². The van der Waals surface area contributed by atoms with Crippen LogP contribution in [0.3, 0.4) is 0 Å². The van der Waals surface area contributed by atoms with Crippen LogP contribution in [0.25, 0.3) is 0 Å². The van der Waals surface area contributed by atoms with Crippen LogP contribution in [0.5, 0.6) is 0 Å². The molecule has 0 aliphatic rings. The molecule has 2 amide bonds. The number of carbonyl (C=O) groups is 2. The number of benzene rings is 2. The lowest BCUT2D eigenvalue weighted by Crippen LogP contribution is -2.48. The van der Waals surface area contributed by atoms with Crippen molar-refractivity contribution in [1.82, 2.24) is 10.2 Å². The molecule has 0 spiro atoms. The van der Waals surface area contributed by atoms with E-state index in [0.717, 1.165) is 27.8 Å². The normalized spacial score (nSPS) is 11.7. The first kappa shape index (κ1) is 23.8. The van der Waals surface area contributed by atoms with E-state index in [0.29, 0.717) is 23.9 Å². The van der Waals surface area contributed by atoms with Crippen LogP contribution in [0.4, 0.5) is 0 Å². The third-order valence-corrected chi connectivity index (χ3v) is 6.31. The molecule has 2 aromatic carbocycles.